The Kier molecular flexibility index (Phi) is 8.45. The van der Waals surface area contributed by atoms with Crippen LogP contribution in [0.25, 0.3) is 10.7 Å². The quantitative estimate of drug-likeness (QED) is 0.235. The molecule has 0 aliphatic carbocycles. The number of hydrogen-bond donors (Lipinski definition) is 0. The smallest absolute Gasteiger partial charge is 0.411 e. The van der Waals surface area contributed by atoms with Crippen molar-refractivity contribution in [2.45, 2.75) is 51.7 Å². The Morgan fingerprint density at radius 2 is 2.11 bits per heavy atom. The highest BCUT2D eigenvalue weighted by atomic mass is 35.5. The summed E-state index contributed by atoms with van der Waals surface area (Å²) in [7, 11) is 0. The molecule has 2 rings (SSSR count). The third-order valence-corrected chi connectivity index (χ3v) is 6.10. The van der Waals surface area contributed by atoms with Crippen LogP contribution in [0.1, 0.15) is 33.6 Å². The van der Waals surface area contributed by atoms with Crippen molar-refractivity contribution in [3.05, 3.63) is 40.0 Å². The fourth-order valence-corrected chi connectivity index (χ4v) is 4.57. The molecule has 0 aliphatic rings. The lowest BCUT2D eigenvalue weighted by atomic mass is 10.1. The molecule has 0 atom stereocenters. The predicted molar refractivity (Wildman–Crippen MR) is 109 cm³/mol. The first-order valence-electron chi connectivity index (χ1n) is 8.61. The fourth-order valence-electron chi connectivity index (χ4n) is 2.44. The summed E-state index contributed by atoms with van der Waals surface area (Å²) in [5, 5.41) is 9.37. The van der Waals surface area contributed by atoms with Crippen molar-refractivity contribution in [1.82, 2.24) is 14.8 Å². The van der Waals surface area contributed by atoms with Gasteiger partial charge >= 0.3 is 6.36 Å². The van der Waals surface area contributed by atoms with Crippen LogP contribution in [0.2, 0.25) is 4.34 Å². The Hall–Kier alpha value is -1.45. The number of nitrogens with zero attached hydrogens (tertiary/aromatic N) is 3. The molecule has 0 amide bonds. The van der Waals surface area contributed by atoms with E-state index in [0.717, 1.165) is 28.0 Å². The topological polar surface area (TPSA) is 39.9 Å². The van der Waals surface area contributed by atoms with E-state index in [9.17, 15) is 13.2 Å². The number of alkyl halides is 3. The molecule has 0 unspecified atom stereocenters. The maximum atomic E-state index is 12.2. The van der Waals surface area contributed by atoms with Gasteiger partial charge in [0.05, 0.1) is 15.0 Å². The Bertz CT molecular complexity index is 843. The van der Waals surface area contributed by atoms with Crippen LogP contribution >= 0.6 is 34.7 Å². The van der Waals surface area contributed by atoms with Crippen LogP contribution in [0.3, 0.4) is 0 Å². The summed E-state index contributed by atoms with van der Waals surface area (Å²) in [5.41, 5.74) is 1.12. The number of halogens is 4. The van der Waals surface area contributed by atoms with Crippen LogP contribution in [0.4, 0.5) is 13.2 Å². The maximum absolute atomic E-state index is 12.2. The van der Waals surface area contributed by atoms with Gasteiger partial charge in [-0.3, -0.25) is 0 Å². The van der Waals surface area contributed by atoms with Gasteiger partial charge in [-0.25, -0.2) is 0 Å². The lowest BCUT2D eigenvalue weighted by Gasteiger charge is -2.10. The molecule has 2 aromatic heterocycles. The van der Waals surface area contributed by atoms with Crippen LogP contribution in [-0.2, 0) is 11.3 Å². The number of rotatable bonds is 9. The number of ether oxygens (including phenoxy) is 1. The van der Waals surface area contributed by atoms with Gasteiger partial charge in [0, 0.05) is 12.3 Å². The Morgan fingerprint density at radius 1 is 1.36 bits per heavy atom. The molecule has 0 saturated carbocycles. The normalized spacial score (nSPS) is 13.2. The van der Waals surface area contributed by atoms with Crippen LogP contribution in [0, 0.1) is 0 Å². The first kappa shape index (κ1) is 22.8. The van der Waals surface area contributed by atoms with Crippen molar-refractivity contribution in [2.75, 3.05) is 5.75 Å². The summed E-state index contributed by atoms with van der Waals surface area (Å²) in [4.78, 5) is 0.961. The third-order valence-electron chi connectivity index (χ3n) is 3.80. The summed E-state index contributed by atoms with van der Waals surface area (Å²) in [5.74, 6) is 1.33. The highest BCUT2D eigenvalue weighted by molar-refractivity contribution is 7.99. The summed E-state index contributed by atoms with van der Waals surface area (Å²) < 4.78 is 43.1. The molecule has 0 aromatic carbocycles. The van der Waals surface area contributed by atoms with Gasteiger partial charge in [-0.2, -0.15) is 0 Å². The minimum Gasteiger partial charge on any atom is -0.411 e. The fraction of sp³-hybridized carbons (Fsp3) is 0.444. The average Bonchev–Trinajstić information content (AvgIpc) is 3.21. The minimum atomic E-state index is -4.64. The van der Waals surface area contributed by atoms with E-state index in [1.807, 2.05) is 36.6 Å². The van der Waals surface area contributed by atoms with Gasteiger partial charge in [-0.15, -0.1) is 34.7 Å². The second kappa shape index (κ2) is 10.4. The molecule has 2 aromatic rings. The Balaban J connectivity index is 1.95. The summed E-state index contributed by atoms with van der Waals surface area (Å²) in [6.45, 7) is 5.97. The van der Waals surface area contributed by atoms with Crippen molar-refractivity contribution < 1.29 is 17.9 Å². The first-order chi connectivity index (χ1) is 13.2. The molecule has 0 aliphatic heterocycles. The van der Waals surface area contributed by atoms with E-state index in [2.05, 4.69) is 14.9 Å². The molecule has 0 fully saturated rings. The van der Waals surface area contributed by atoms with Crippen LogP contribution in [-0.4, -0.2) is 26.9 Å². The van der Waals surface area contributed by atoms with Gasteiger partial charge in [0.1, 0.15) is 0 Å². The van der Waals surface area contributed by atoms with E-state index < -0.39 is 6.36 Å². The number of thioether (sulfide) groups is 1. The number of allylic oxidation sites excluding steroid dienone is 3. The van der Waals surface area contributed by atoms with Crippen molar-refractivity contribution in [3.8, 4) is 10.7 Å². The molecule has 4 nitrogen and oxygen atoms in total. The number of hydrogen-bond acceptors (Lipinski definition) is 5. The van der Waals surface area contributed by atoms with E-state index >= 15 is 0 Å². The number of aromatic nitrogens is 3. The van der Waals surface area contributed by atoms with E-state index in [4.69, 9.17) is 11.6 Å². The summed E-state index contributed by atoms with van der Waals surface area (Å²) in [6, 6.07) is 3.76. The number of thiophene rings is 1. The second-order valence-electron chi connectivity index (χ2n) is 5.79. The Labute approximate surface area is 175 Å². The van der Waals surface area contributed by atoms with Gasteiger partial charge in [0.2, 0.25) is 0 Å². The zero-order valence-electron chi connectivity index (χ0n) is 15.7. The maximum Gasteiger partial charge on any atom is 0.572 e. The molecule has 2 heterocycles. The van der Waals surface area contributed by atoms with E-state index in [1.54, 1.807) is 11.8 Å². The molecule has 0 bridgehead atoms. The summed E-state index contributed by atoms with van der Waals surface area (Å²) >= 11 is 9.02. The largest absolute Gasteiger partial charge is 0.572 e. The van der Waals surface area contributed by atoms with E-state index in [1.165, 1.54) is 24.3 Å². The van der Waals surface area contributed by atoms with Crippen LogP contribution in [0.15, 0.2) is 40.8 Å². The van der Waals surface area contributed by atoms with Crippen molar-refractivity contribution in [2.24, 2.45) is 0 Å². The second-order valence-corrected chi connectivity index (χ2v) is 8.45. The zero-order valence-corrected chi connectivity index (χ0v) is 18.1. The van der Waals surface area contributed by atoms with Gasteiger partial charge in [-0.1, -0.05) is 35.0 Å². The standard InChI is InChI=1S/C18H21ClF3N3OS2/c1-4-13(8-6-7-12(3)26-18(20,21)22)11-27-17-24-23-16(25(17)5-2)14-9-10-15(19)28-14/h4,7,9-10H,5-6,8,11H2,1-3H3/b12-7+,13-4+. The van der Waals surface area contributed by atoms with Gasteiger partial charge < -0.3 is 9.30 Å². The molecule has 154 valence electrons. The van der Waals surface area contributed by atoms with E-state index in [0.29, 0.717) is 22.9 Å². The van der Waals surface area contributed by atoms with Crippen LogP contribution < -0.4 is 0 Å². The zero-order chi connectivity index (χ0) is 20.7. The lowest BCUT2D eigenvalue weighted by molar-refractivity contribution is -0.305. The molecule has 0 N–H and O–H groups in total. The summed E-state index contributed by atoms with van der Waals surface area (Å²) in [6.07, 6.45) is -0.0892. The molecule has 10 heteroatoms. The van der Waals surface area contributed by atoms with Crippen molar-refractivity contribution >= 4 is 34.7 Å². The minimum absolute atomic E-state index is 0.138. The predicted octanol–water partition coefficient (Wildman–Crippen LogP) is 6.94. The molecule has 0 radical (unpaired) electrons. The first-order valence-corrected chi connectivity index (χ1v) is 10.8. The molecular weight excluding hydrogens is 431 g/mol. The van der Waals surface area contributed by atoms with Crippen LogP contribution in [0.5, 0.6) is 0 Å². The molecule has 0 saturated heterocycles. The lowest BCUT2D eigenvalue weighted by Crippen LogP contribution is -2.11. The Morgan fingerprint density at radius 3 is 2.68 bits per heavy atom. The molecule has 0 spiro atoms. The highest BCUT2D eigenvalue weighted by Gasteiger charge is 2.30. The third kappa shape index (κ3) is 6.86. The van der Waals surface area contributed by atoms with E-state index in [-0.39, 0.29) is 5.76 Å². The van der Waals surface area contributed by atoms with Crippen molar-refractivity contribution in [1.29, 1.82) is 0 Å². The SMILES string of the molecule is C/C=C(\CC/C=C(\C)OC(F)(F)F)CSc1nnc(-c2ccc(Cl)s2)n1CC. The highest BCUT2D eigenvalue weighted by Crippen LogP contribution is 2.32. The van der Waals surface area contributed by atoms with Gasteiger partial charge in [-0.05, 0) is 51.8 Å². The average molecular weight is 452 g/mol. The monoisotopic (exact) mass is 451 g/mol. The van der Waals surface area contributed by atoms with Gasteiger partial charge in [0.15, 0.2) is 11.0 Å². The van der Waals surface area contributed by atoms with Gasteiger partial charge in [0.25, 0.3) is 0 Å². The van der Waals surface area contributed by atoms with Crippen molar-refractivity contribution in [3.63, 3.8) is 0 Å². The molecule has 28 heavy (non-hydrogen) atoms. The molecular formula is C18H21ClF3N3OS2.